The van der Waals surface area contributed by atoms with E-state index in [0.717, 1.165) is 29.5 Å². The minimum absolute atomic E-state index is 0.162. The summed E-state index contributed by atoms with van der Waals surface area (Å²) in [4.78, 5) is 12.7. The molecule has 0 aromatic heterocycles. The van der Waals surface area contributed by atoms with Crippen LogP contribution in [0.25, 0.3) is 0 Å². The van der Waals surface area contributed by atoms with Crippen molar-refractivity contribution >= 4 is 13.6 Å². The number of alkyl carbamates (subject to hydrolysis) is 1. The lowest BCUT2D eigenvalue weighted by Crippen LogP contribution is -2.39. The first-order valence-corrected chi connectivity index (χ1v) is 15.2. The minimum atomic E-state index is -3.36. The standard InChI is InChI=1S/C30H37N2O4P/c1-37(34,32-29(26-18-10-4-11-19-26)27-20-12-5-13-21-27)36-28(22-24-14-6-2-7-15-24)31-30(33)35-23-25-16-8-3-9-17-25/h3-5,8-13,16-21,24,28-29H,2,6-7,14-15,22-23H2,1H3,(H,31,33)(H,32,34). The number of amides is 1. The summed E-state index contributed by atoms with van der Waals surface area (Å²) in [6.45, 7) is 1.74. The minimum Gasteiger partial charge on any atom is -0.445 e. The molecule has 6 nitrogen and oxygen atoms in total. The smallest absolute Gasteiger partial charge is 0.409 e. The second-order valence-electron chi connectivity index (χ2n) is 9.77. The SMILES string of the molecule is CP(=O)(NC(c1ccccc1)c1ccccc1)OC(CC1CCCCC1)NC(=O)OCc1ccccc1. The summed E-state index contributed by atoms with van der Waals surface area (Å²) in [6.07, 6.45) is 5.04. The van der Waals surface area contributed by atoms with E-state index in [1.165, 1.54) is 19.3 Å². The van der Waals surface area contributed by atoms with Gasteiger partial charge in [0, 0.05) is 6.66 Å². The van der Waals surface area contributed by atoms with Gasteiger partial charge in [-0.2, -0.15) is 0 Å². The molecule has 2 atom stereocenters. The fourth-order valence-corrected chi connectivity index (χ4v) is 6.34. The summed E-state index contributed by atoms with van der Waals surface area (Å²) in [5.41, 5.74) is 2.87. The predicted octanol–water partition coefficient (Wildman–Crippen LogP) is 7.43. The number of benzene rings is 3. The average molecular weight is 521 g/mol. The molecule has 0 radical (unpaired) electrons. The van der Waals surface area contributed by atoms with Crippen molar-refractivity contribution in [2.45, 2.75) is 57.4 Å². The highest BCUT2D eigenvalue weighted by Gasteiger charge is 2.30. The van der Waals surface area contributed by atoms with Crippen LogP contribution in [0.15, 0.2) is 91.0 Å². The van der Waals surface area contributed by atoms with E-state index < -0.39 is 19.8 Å². The summed E-state index contributed by atoms with van der Waals surface area (Å²) in [7, 11) is -3.36. The lowest BCUT2D eigenvalue weighted by atomic mass is 9.86. The van der Waals surface area contributed by atoms with Crippen LogP contribution >= 0.6 is 7.52 Å². The van der Waals surface area contributed by atoms with Gasteiger partial charge in [0.05, 0.1) is 6.04 Å². The van der Waals surface area contributed by atoms with Gasteiger partial charge < -0.3 is 4.74 Å². The third-order valence-electron chi connectivity index (χ3n) is 6.72. The van der Waals surface area contributed by atoms with Crippen molar-refractivity contribution in [2.24, 2.45) is 5.92 Å². The van der Waals surface area contributed by atoms with Crippen LogP contribution in [0.3, 0.4) is 0 Å². The summed E-state index contributed by atoms with van der Waals surface area (Å²) >= 11 is 0. The highest BCUT2D eigenvalue weighted by molar-refractivity contribution is 7.56. The molecule has 0 spiro atoms. The Morgan fingerprint density at radius 1 is 0.865 bits per heavy atom. The van der Waals surface area contributed by atoms with Gasteiger partial charge >= 0.3 is 6.09 Å². The highest BCUT2D eigenvalue weighted by Crippen LogP contribution is 2.44. The molecule has 3 aromatic carbocycles. The number of hydrogen-bond donors (Lipinski definition) is 2. The molecule has 3 aromatic rings. The third kappa shape index (κ3) is 8.85. The Labute approximate surface area is 220 Å². The number of carbonyl (C=O) groups is 1. The Bertz CT molecular complexity index is 1100. The molecule has 1 fully saturated rings. The molecule has 0 saturated heterocycles. The van der Waals surface area contributed by atoms with E-state index in [2.05, 4.69) is 10.4 Å². The molecule has 2 unspecified atom stereocenters. The quantitative estimate of drug-likeness (QED) is 0.203. The average Bonchev–Trinajstić information content (AvgIpc) is 2.92. The molecular weight excluding hydrogens is 483 g/mol. The zero-order valence-corrected chi connectivity index (χ0v) is 22.3. The van der Waals surface area contributed by atoms with E-state index in [1.807, 2.05) is 91.0 Å². The second kappa shape index (κ2) is 13.6. The van der Waals surface area contributed by atoms with Gasteiger partial charge in [0.25, 0.3) is 7.52 Å². The number of hydrogen-bond acceptors (Lipinski definition) is 4. The fourth-order valence-electron chi connectivity index (χ4n) is 4.89. The summed E-state index contributed by atoms with van der Waals surface area (Å²) in [5, 5.41) is 6.11. The summed E-state index contributed by atoms with van der Waals surface area (Å²) in [6, 6.07) is 29.0. The zero-order chi connectivity index (χ0) is 25.9. The first-order chi connectivity index (χ1) is 18.0. The predicted molar refractivity (Wildman–Crippen MR) is 147 cm³/mol. The van der Waals surface area contributed by atoms with Gasteiger partial charge in [-0.1, -0.05) is 123 Å². The van der Waals surface area contributed by atoms with E-state index in [4.69, 9.17) is 9.26 Å². The molecule has 37 heavy (non-hydrogen) atoms. The maximum atomic E-state index is 13.9. The Balaban J connectivity index is 1.46. The normalized spacial score (nSPS) is 16.6. The van der Waals surface area contributed by atoms with Gasteiger partial charge in [0.1, 0.15) is 12.8 Å². The van der Waals surface area contributed by atoms with Crippen LogP contribution in [-0.2, 0) is 20.4 Å². The Morgan fingerprint density at radius 2 is 1.41 bits per heavy atom. The fraction of sp³-hybridized carbons (Fsp3) is 0.367. The van der Waals surface area contributed by atoms with E-state index in [1.54, 1.807) is 6.66 Å². The Morgan fingerprint density at radius 3 is 1.97 bits per heavy atom. The monoisotopic (exact) mass is 520 g/mol. The van der Waals surface area contributed by atoms with E-state index in [9.17, 15) is 9.36 Å². The molecular formula is C30H37N2O4P. The van der Waals surface area contributed by atoms with E-state index in [-0.39, 0.29) is 12.6 Å². The van der Waals surface area contributed by atoms with Crippen LogP contribution in [-0.4, -0.2) is 19.0 Å². The highest BCUT2D eigenvalue weighted by atomic mass is 31.2. The Kier molecular flexibility index (Phi) is 9.95. The summed E-state index contributed by atoms with van der Waals surface area (Å²) < 4.78 is 25.5. The lowest BCUT2D eigenvalue weighted by molar-refractivity contribution is 0.0903. The van der Waals surface area contributed by atoms with Crippen LogP contribution < -0.4 is 10.4 Å². The Hall–Kier alpha value is -2.92. The van der Waals surface area contributed by atoms with Crippen molar-refractivity contribution < 1.29 is 18.6 Å². The summed E-state index contributed by atoms with van der Waals surface area (Å²) in [5.74, 6) is 0.409. The van der Waals surface area contributed by atoms with E-state index >= 15 is 0 Å². The third-order valence-corrected chi connectivity index (χ3v) is 8.11. The molecule has 1 aliphatic rings. The maximum Gasteiger partial charge on any atom is 0.409 e. The zero-order valence-electron chi connectivity index (χ0n) is 21.4. The molecule has 1 aliphatic carbocycles. The van der Waals surface area contributed by atoms with Crippen LogP contribution in [0, 0.1) is 5.92 Å². The van der Waals surface area contributed by atoms with Crippen molar-refractivity contribution in [3.63, 3.8) is 0 Å². The van der Waals surface area contributed by atoms with Crippen molar-refractivity contribution in [3.05, 3.63) is 108 Å². The first kappa shape index (κ1) is 27.1. The maximum absolute atomic E-state index is 13.9. The first-order valence-electron chi connectivity index (χ1n) is 13.1. The van der Waals surface area contributed by atoms with Crippen molar-refractivity contribution in [2.75, 3.05) is 6.66 Å². The van der Waals surface area contributed by atoms with Gasteiger partial charge in [0.15, 0.2) is 0 Å². The molecule has 0 bridgehead atoms. The van der Waals surface area contributed by atoms with Gasteiger partial charge in [-0.25, -0.2) is 9.88 Å². The topological polar surface area (TPSA) is 76.7 Å². The molecule has 0 heterocycles. The van der Waals surface area contributed by atoms with E-state index in [0.29, 0.717) is 12.3 Å². The van der Waals surface area contributed by atoms with Crippen molar-refractivity contribution in [1.29, 1.82) is 0 Å². The van der Waals surface area contributed by atoms with Crippen molar-refractivity contribution in [3.8, 4) is 0 Å². The van der Waals surface area contributed by atoms with Gasteiger partial charge in [0.2, 0.25) is 0 Å². The molecule has 0 aliphatic heterocycles. The van der Waals surface area contributed by atoms with Gasteiger partial charge in [-0.15, -0.1) is 0 Å². The van der Waals surface area contributed by atoms with Crippen LogP contribution in [0.4, 0.5) is 4.79 Å². The molecule has 1 amide bonds. The number of nitrogens with one attached hydrogen (secondary N) is 2. The van der Waals surface area contributed by atoms with Gasteiger partial charge in [-0.3, -0.25) is 14.4 Å². The van der Waals surface area contributed by atoms with Crippen LogP contribution in [0.2, 0.25) is 0 Å². The van der Waals surface area contributed by atoms with Crippen molar-refractivity contribution in [1.82, 2.24) is 10.4 Å². The van der Waals surface area contributed by atoms with Crippen LogP contribution in [0.1, 0.15) is 61.3 Å². The van der Waals surface area contributed by atoms with Crippen LogP contribution in [0.5, 0.6) is 0 Å². The number of rotatable bonds is 11. The van der Waals surface area contributed by atoms with Gasteiger partial charge in [-0.05, 0) is 29.0 Å². The lowest BCUT2D eigenvalue weighted by Gasteiger charge is -2.31. The molecule has 196 valence electrons. The molecule has 2 N–H and O–H groups in total. The second-order valence-corrected chi connectivity index (χ2v) is 11.9. The number of carbonyl (C=O) groups excluding carboxylic acids is 1. The largest absolute Gasteiger partial charge is 0.445 e. The number of ether oxygens (including phenoxy) is 1. The molecule has 4 rings (SSSR count). The molecule has 7 heteroatoms. The molecule has 1 saturated carbocycles.